The third-order valence-electron chi connectivity index (χ3n) is 5.96. The molecule has 1 saturated heterocycles. The average Bonchev–Trinajstić information content (AvgIpc) is 3.34. The number of sulfonamides is 1. The minimum absolute atomic E-state index is 0.124. The summed E-state index contributed by atoms with van der Waals surface area (Å²) in [6, 6.07) is 10.6. The zero-order valence-electron chi connectivity index (χ0n) is 19.9. The lowest BCUT2D eigenvalue weighted by atomic mass is 10.1. The van der Waals surface area contributed by atoms with E-state index in [9.17, 15) is 13.2 Å². The number of hydrogen-bond acceptors (Lipinski definition) is 5. The first-order chi connectivity index (χ1) is 15.7. The Morgan fingerprint density at radius 2 is 1.82 bits per heavy atom. The lowest BCUT2D eigenvalue weighted by Crippen LogP contribution is -2.36. The summed E-state index contributed by atoms with van der Waals surface area (Å²) in [4.78, 5) is 12.7. The van der Waals surface area contributed by atoms with Crippen LogP contribution in [-0.4, -0.2) is 51.5 Å². The minimum Gasteiger partial charge on any atom is -0.496 e. The molecule has 0 spiro atoms. The second kappa shape index (κ2) is 11.0. The Hall–Kier alpha value is -2.58. The highest BCUT2D eigenvalue weighted by atomic mass is 32.2. The van der Waals surface area contributed by atoms with E-state index in [0.29, 0.717) is 37.4 Å². The fourth-order valence-corrected chi connectivity index (χ4v) is 5.42. The SMILES string of the molecule is COc1ccc(S(=O)(=O)N2CCCC2)cc1CCC(=O)N[C@@H](C)COc1ccc(C)c(C)c1. The number of nitrogens with zero attached hydrogens (tertiary/aromatic N) is 1. The lowest BCUT2D eigenvalue weighted by molar-refractivity contribution is -0.121. The van der Waals surface area contributed by atoms with Crippen LogP contribution in [0.15, 0.2) is 41.3 Å². The fraction of sp³-hybridized carbons (Fsp3) is 0.480. The Kier molecular flexibility index (Phi) is 8.37. The highest BCUT2D eigenvalue weighted by Gasteiger charge is 2.27. The van der Waals surface area contributed by atoms with E-state index in [-0.39, 0.29) is 23.3 Å². The molecule has 0 radical (unpaired) electrons. The quantitative estimate of drug-likeness (QED) is 0.569. The molecule has 1 aliphatic rings. The molecule has 1 atom stereocenters. The molecular formula is C25H34N2O5S. The number of ether oxygens (including phenoxy) is 2. The van der Waals surface area contributed by atoms with Crippen molar-refractivity contribution >= 4 is 15.9 Å². The van der Waals surface area contributed by atoms with Gasteiger partial charge in [-0.3, -0.25) is 4.79 Å². The van der Waals surface area contributed by atoms with Gasteiger partial charge in [0.15, 0.2) is 0 Å². The summed E-state index contributed by atoms with van der Waals surface area (Å²) in [6.45, 7) is 7.44. The highest BCUT2D eigenvalue weighted by Crippen LogP contribution is 2.27. The zero-order valence-corrected chi connectivity index (χ0v) is 20.7. The summed E-state index contributed by atoms with van der Waals surface area (Å²) in [5.41, 5.74) is 3.07. The monoisotopic (exact) mass is 474 g/mol. The van der Waals surface area contributed by atoms with E-state index >= 15 is 0 Å². The van der Waals surface area contributed by atoms with Gasteiger partial charge in [0.2, 0.25) is 15.9 Å². The van der Waals surface area contributed by atoms with Crippen LogP contribution in [0, 0.1) is 13.8 Å². The van der Waals surface area contributed by atoms with Crippen molar-refractivity contribution in [1.82, 2.24) is 9.62 Å². The molecule has 1 fully saturated rings. The van der Waals surface area contributed by atoms with Crippen molar-refractivity contribution in [2.75, 3.05) is 26.8 Å². The first kappa shape index (κ1) is 25.1. The second-order valence-electron chi connectivity index (χ2n) is 8.61. The van der Waals surface area contributed by atoms with Crippen LogP contribution in [0.25, 0.3) is 0 Å². The Morgan fingerprint density at radius 1 is 1.09 bits per heavy atom. The van der Waals surface area contributed by atoms with Crippen molar-refractivity contribution in [3.63, 3.8) is 0 Å². The Bertz CT molecular complexity index is 1080. The standard InChI is InChI=1S/C25H34N2O5S/c1-18-7-9-22(15-19(18)2)32-17-20(3)26-25(28)12-8-21-16-23(10-11-24(21)31-4)33(29,30)27-13-5-6-14-27/h7,9-11,15-16,20H,5-6,8,12-14,17H2,1-4H3,(H,26,28)/t20-/m0/s1. The molecule has 0 saturated carbocycles. The lowest BCUT2D eigenvalue weighted by Gasteiger charge is -2.18. The topological polar surface area (TPSA) is 84.9 Å². The third kappa shape index (κ3) is 6.48. The molecule has 1 amide bonds. The van der Waals surface area contributed by atoms with E-state index in [2.05, 4.69) is 12.2 Å². The molecule has 1 aliphatic heterocycles. The predicted molar refractivity (Wildman–Crippen MR) is 128 cm³/mol. The summed E-state index contributed by atoms with van der Waals surface area (Å²) < 4.78 is 38.5. The van der Waals surface area contributed by atoms with Crippen LogP contribution >= 0.6 is 0 Å². The van der Waals surface area contributed by atoms with Gasteiger partial charge in [-0.2, -0.15) is 4.31 Å². The summed E-state index contributed by atoms with van der Waals surface area (Å²) in [5.74, 6) is 1.23. The Morgan fingerprint density at radius 3 is 2.48 bits per heavy atom. The number of hydrogen-bond donors (Lipinski definition) is 1. The average molecular weight is 475 g/mol. The van der Waals surface area contributed by atoms with Crippen molar-refractivity contribution in [2.24, 2.45) is 0 Å². The first-order valence-electron chi connectivity index (χ1n) is 11.4. The highest BCUT2D eigenvalue weighted by molar-refractivity contribution is 7.89. The predicted octanol–water partition coefficient (Wildman–Crippen LogP) is 3.61. The number of benzene rings is 2. The van der Waals surface area contributed by atoms with Crippen LogP contribution in [0.1, 0.15) is 42.9 Å². The zero-order chi connectivity index (χ0) is 24.0. The largest absolute Gasteiger partial charge is 0.496 e. The van der Waals surface area contributed by atoms with Gasteiger partial charge in [0, 0.05) is 19.5 Å². The van der Waals surface area contributed by atoms with E-state index in [0.717, 1.165) is 24.2 Å². The van der Waals surface area contributed by atoms with Crippen molar-refractivity contribution in [3.8, 4) is 11.5 Å². The van der Waals surface area contributed by atoms with Crippen molar-refractivity contribution in [1.29, 1.82) is 0 Å². The van der Waals surface area contributed by atoms with Crippen LogP contribution < -0.4 is 14.8 Å². The molecule has 0 aromatic heterocycles. The molecule has 180 valence electrons. The molecular weight excluding hydrogens is 440 g/mol. The number of methoxy groups -OCH3 is 1. The number of rotatable bonds is 10. The van der Waals surface area contributed by atoms with Gasteiger partial charge < -0.3 is 14.8 Å². The van der Waals surface area contributed by atoms with Crippen LogP contribution in [0.4, 0.5) is 0 Å². The van der Waals surface area contributed by atoms with Gasteiger partial charge in [-0.05, 0) is 87.1 Å². The third-order valence-corrected chi connectivity index (χ3v) is 7.86. The maximum atomic E-state index is 12.9. The van der Waals surface area contributed by atoms with Crippen LogP contribution in [0.3, 0.4) is 0 Å². The molecule has 0 bridgehead atoms. The van der Waals surface area contributed by atoms with Crippen LogP contribution in [0.2, 0.25) is 0 Å². The summed E-state index contributed by atoms with van der Waals surface area (Å²) >= 11 is 0. The molecule has 2 aromatic carbocycles. The fourth-order valence-electron chi connectivity index (χ4n) is 3.85. The number of aryl methyl sites for hydroxylation is 3. The van der Waals surface area contributed by atoms with Gasteiger partial charge >= 0.3 is 0 Å². The van der Waals surface area contributed by atoms with Gasteiger partial charge in [0.1, 0.15) is 18.1 Å². The maximum Gasteiger partial charge on any atom is 0.243 e. The van der Waals surface area contributed by atoms with Crippen molar-refractivity contribution < 1.29 is 22.7 Å². The van der Waals surface area contributed by atoms with Gasteiger partial charge in [0.25, 0.3) is 0 Å². The number of carbonyl (C=O) groups is 1. The maximum absolute atomic E-state index is 12.9. The van der Waals surface area contributed by atoms with Gasteiger partial charge in [-0.15, -0.1) is 0 Å². The number of nitrogens with one attached hydrogen (secondary N) is 1. The first-order valence-corrected chi connectivity index (χ1v) is 12.8. The second-order valence-corrected chi connectivity index (χ2v) is 10.5. The van der Waals surface area contributed by atoms with E-state index in [4.69, 9.17) is 9.47 Å². The Labute approximate surface area is 197 Å². The molecule has 2 aromatic rings. The summed E-state index contributed by atoms with van der Waals surface area (Å²) in [7, 11) is -1.98. The molecule has 0 aliphatic carbocycles. The molecule has 7 nitrogen and oxygen atoms in total. The molecule has 8 heteroatoms. The van der Waals surface area contributed by atoms with E-state index < -0.39 is 10.0 Å². The minimum atomic E-state index is -3.52. The van der Waals surface area contributed by atoms with E-state index in [1.807, 2.05) is 32.0 Å². The summed E-state index contributed by atoms with van der Waals surface area (Å²) in [6.07, 6.45) is 2.36. The summed E-state index contributed by atoms with van der Waals surface area (Å²) in [5, 5.41) is 2.94. The Balaban J connectivity index is 1.56. The molecule has 1 heterocycles. The number of carbonyl (C=O) groups excluding carboxylic acids is 1. The molecule has 0 unspecified atom stereocenters. The molecule has 1 N–H and O–H groups in total. The van der Waals surface area contributed by atoms with E-state index in [1.165, 1.54) is 9.87 Å². The van der Waals surface area contributed by atoms with Crippen LogP contribution in [0.5, 0.6) is 11.5 Å². The van der Waals surface area contributed by atoms with Gasteiger partial charge in [-0.1, -0.05) is 6.07 Å². The normalized spacial score (nSPS) is 15.3. The van der Waals surface area contributed by atoms with Gasteiger partial charge in [-0.25, -0.2) is 8.42 Å². The smallest absolute Gasteiger partial charge is 0.243 e. The van der Waals surface area contributed by atoms with Gasteiger partial charge in [0.05, 0.1) is 18.0 Å². The van der Waals surface area contributed by atoms with Crippen LogP contribution in [-0.2, 0) is 21.2 Å². The van der Waals surface area contributed by atoms with E-state index in [1.54, 1.807) is 25.3 Å². The molecule has 3 rings (SSSR count). The van der Waals surface area contributed by atoms with Crippen molar-refractivity contribution in [2.45, 2.75) is 57.4 Å². The van der Waals surface area contributed by atoms with Crippen molar-refractivity contribution in [3.05, 3.63) is 53.1 Å². The molecule has 33 heavy (non-hydrogen) atoms. The number of amides is 1.